The highest BCUT2D eigenvalue weighted by Crippen LogP contribution is 2.07. The van der Waals surface area contributed by atoms with E-state index >= 15 is 0 Å². The first-order valence-electron chi connectivity index (χ1n) is 6.39. The Balaban J connectivity index is 1.65. The highest BCUT2D eigenvalue weighted by Gasteiger charge is 2.02. The first-order valence-corrected chi connectivity index (χ1v) is 6.39. The van der Waals surface area contributed by atoms with Gasteiger partial charge in [0, 0.05) is 25.0 Å². The molecule has 0 saturated heterocycles. The summed E-state index contributed by atoms with van der Waals surface area (Å²) in [6.45, 7) is 3.21. The number of hydrogen-bond donors (Lipinski definition) is 2. The van der Waals surface area contributed by atoms with Gasteiger partial charge in [-0.2, -0.15) is 5.10 Å². The van der Waals surface area contributed by atoms with Gasteiger partial charge in [0.15, 0.2) is 0 Å². The van der Waals surface area contributed by atoms with Crippen molar-refractivity contribution in [3.05, 3.63) is 48.0 Å². The maximum Gasteiger partial charge on any atom is 0.241 e. The van der Waals surface area contributed by atoms with Gasteiger partial charge in [0.2, 0.25) is 5.91 Å². The number of aromatic nitrogens is 2. The van der Waals surface area contributed by atoms with Crippen molar-refractivity contribution in [3.8, 4) is 0 Å². The van der Waals surface area contributed by atoms with Crippen LogP contribution in [0.5, 0.6) is 0 Å². The third kappa shape index (κ3) is 4.38. The molecule has 1 heterocycles. The van der Waals surface area contributed by atoms with Gasteiger partial charge in [0.1, 0.15) is 12.4 Å². The predicted octanol–water partition coefficient (Wildman–Crippen LogP) is 1.56. The maximum absolute atomic E-state index is 12.7. The Morgan fingerprint density at radius 2 is 2.05 bits per heavy atom. The van der Waals surface area contributed by atoms with E-state index in [-0.39, 0.29) is 18.3 Å². The van der Waals surface area contributed by atoms with Crippen LogP contribution in [0.4, 0.5) is 10.1 Å². The fourth-order valence-electron chi connectivity index (χ4n) is 1.73. The van der Waals surface area contributed by atoms with E-state index < -0.39 is 0 Å². The fraction of sp³-hybridized carbons (Fsp3) is 0.286. The third-order valence-corrected chi connectivity index (χ3v) is 2.69. The van der Waals surface area contributed by atoms with Gasteiger partial charge in [-0.1, -0.05) is 0 Å². The molecule has 0 unspecified atom stereocenters. The standard InChI is InChI=1S/C14H17FN4O/c1-11-8-18-19(9-11)10-14(20)17-7-6-16-13-4-2-12(15)3-5-13/h2-5,8-9,16H,6-7,10H2,1H3,(H,17,20). The summed E-state index contributed by atoms with van der Waals surface area (Å²) < 4.78 is 14.3. The van der Waals surface area contributed by atoms with Gasteiger partial charge in [0.25, 0.3) is 0 Å². The minimum atomic E-state index is -0.265. The first-order chi connectivity index (χ1) is 9.63. The molecule has 0 radical (unpaired) electrons. The Morgan fingerprint density at radius 1 is 1.30 bits per heavy atom. The van der Waals surface area contributed by atoms with Crippen LogP contribution in [0.2, 0.25) is 0 Å². The van der Waals surface area contributed by atoms with E-state index in [1.165, 1.54) is 12.1 Å². The summed E-state index contributed by atoms with van der Waals surface area (Å²) in [6, 6.07) is 6.09. The fourth-order valence-corrected chi connectivity index (χ4v) is 1.73. The number of anilines is 1. The van der Waals surface area contributed by atoms with Crippen LogP contribution in [-0.2, 0) is 11.3 Å². The number of hydrogen-bond acceptors (Lipinski definition) is 3. The summed E-state index contributed by atoms with van der Waals surface area (Å²) >= 11 is 0. The molecule has 0 aliphatic heterocycles. The molecular formula is C14H17FN4O. The van der Waals surface area contributed by atoms with Crippen LogP contribution in [0.25, 0.3) is 0 Å². The smallest absolute Gasteiger partial charge is 0.241 e. The Labute approximate surface area is 116 Å². The zero-order valence-electron chi connectivity index (χ0n) is 11.3. The predicted molar refractivity (Wildman–Crippen MR) is 74.9 cm³/mol. The average molecular weight is 276 g/mol. The largest absolute Gasteiger partial charge is 0.383 e. The molecule has 5 nitrogen and oxygen atoms in total. The van der Waals surface area contributed by atoms with Crippen LogP contribution in [0.3, 0.4) is 0 Å². The average Bonchev–Trinajstić information content (AvgIpc) is 2.82. The van der Waals surface area contributed by atoms with Crippen molar-refractivity contribution in [2.45, 2.75) is 13.5 Å². The molecule has 1 aromatic carbocycles. The molecule has 0 aliphatic carbocycles. The molecule has 0 bridgehead atoms. The quantitative estimate of drug-likeness (QED) is 0.787. The molecule has 0 atom stereocenters. The number of carbonyl (C=O) groups is 1. The van der Waals surface area contributed by atoms with E-state index in [1.807, 2.05) is 13.1 Å². The van der Waals surface area contributed by atoms with Gasteiger partial charge in [0.05, 0.1) is 6.20 Å². The Hall–Kier alpha value is -2.37. The van der Waals surface area contributed by atoms with E-state index in [2.05, 4.69) is 15.7 Å². The second kappa shape index (κ2) is 6.70. The molecule has 6 heteroatoms. The summed E-state index contributed by atoms with van der Waals surface area (Å²) in [7, 11) is 0. The monoisotopic (exact) mass is 276 g/mol. The normalized spacial score (nSPS) is 10.3. The van der Waals surface area contributed by atoms with Gasteiger partial charge < -0.3 is 10.6 Å². The first kappa shape index (κ1) is 14.0. The van der Waals surface area contributed by atoms with Crippen LogP contribution >= 0.6 is 0 Å². The number of benzene rings is 1. The second-order valence-corrected chi connectivity index (χ2v) is 4.50. The van der Waals surface area contributed by atoms with E-state index in [1.54, 1.807) is 23.0 Å². The van der Waals surface area contributed by atoms with Gasteiger partial charge in [-0.15, -0.1) is 0 Å². The Bertz CT molecular complexity index is 565. The highest BCUT2D eigenvalue weighted by molar-refractivity contribution is 5.75. The van der Waals surface area contributed by atoms with Crippen molar-refractivity contribution >= 4 is 11.6 Å². The molecule has 2 rings (SSSR count). The lowest BCUT2D eigenvalue weighted by Crippen LogP contribution is -2.31. The van der Waals surface area contributed by atoms with Gasteiger partial charge in [-0.3, -0.25) is 9.48 Å². The lowest BCUT2D eigenvalue weighted by Gasteiger charge is -2.08. The second-order valence-electron chi connectivity index (χ2n) is 4.50. The molecule has 0 aliphatic rings. The minimum Gasteiger partial charge on any atom is -0.383 e. The molecule has 106 valence electrons. The molecule has 0 spiro atoms. The lowest BCUT2D eigenvalue weighted by atomic mass is 10.3. The zero-order chi connectivity index (χ0) is 14.4. The van der Waals surface area contributed by atoms with Crippen molar-refractivity contribution in [3.63, 3.8) is 0 Å². The van der Waals surface area contributed by atoms with Gasteiger partial charge in [-0.05, 0) is 36.8 Å². The summed E-state index contributed by atoms with van der Waals surface area (Å²) in [5.41, 5.74) is 1.85. The van der Waals surface area contributed by atoms with Crippen LogP contribution in [0.15, 0.2) is 36.7 Å². The number of nitrogens with one attached hydrogen (secondary N) is 2. The summed E-state index contributed by atoms with van der Waals surface area (Å²) in [5, 5.41) is 9.92. The molecule has 2 N–H and O–H groups in total. The molecule has 2 aromatic rings. The van der Waals surface area contributed by atoms with E-state index in [9.17, 15) is 9.18 Å². The van der Waals surface area contributed by atoms with Crippen LogP contribution < -0.4 is 10.6 Å². The number of nitrogens with zero attached hydrogens (tertiary/aromatic N) is 2. The van der Waals surface area contributed by atoms with E-state index in [0.29, 0.717) is 13.1 Å². The summed E-state index contributed by atoms with van der Waals surface area (Å²) in [5.74, 6) is -0.354. The third-order valence-electron chi connectivity index (χ3n) is 2.69. The SMILES string of the molecule is Cc1cnn(CC(=O)NCCNc2ccc(F)cc2)c1. The number of amides is 1. The van der Waals surface area contributed by atoms with Crippen molar-refractivity contribution < 1.29 is 9.18 Å². The summed E-state index contributed by atoms with van der Waals surface area (Å²) in [4.78, 5) is 11.6. The van der Waals surface area contributed by atoms with Crippen molar-refractivity contribution in [2.24, 2.45) is 0 Å². The van der Waals surface area contributed by atoms with Crippen LogP contribution in [0.1, 0.15) is 5.56 Å². The maximum atomic E-state index is 12.7. The Morgan fingerprint density at radius 3 is 2.70 bits per heavy atom. The lowest BCUT2D eigenvalue weighted by molar-refractivity contribution is -0.121. The molecule has 0 saturated carbocycles. The summed E-state index contributed by atoms with van der Waals surface area (Å²) in [6.07, 6.45) is 3.53. The van der Waals surface area contributed by atoms with Crippen molar-refractivity contribution in [1.29, 1.82) is 0 Å². The van der Waals surface area contributed by atoms with Crippen LogP contribution in [0, 0.1) is 12.7 Å². The molecule has 0 fully saturated rings. The molecule has 1 aromatic heterocycles. The number of halogens is 1. The molecule has 20 heavy (non-hydrogen) atoms. The van der Waals surface area contributed by atoms with Gasteiger partial charge in [-0.25, -0.2) is 4.39 Å². The van der Waals surface area contributed by atoms with E-state index in [0.717, 1.165) is 11.3 Å². The number of rotatable bonds is 6. The van der Waals surface area contributed by atoms with Crippen LogP contribution in [-0.4, -0.2) is 28.8 Å². The van der Waals surface area contributed by atoms with Crippen molar-refractivity contribution in [2.75, 3.05) is 18.4 Å². The van der Waals surface area contributed by atoms with Crippen molar-refractivity contribution in [1.82, 2.24) is 15.1 Å². The van der Waals surface area contributed by atoms with E-state index in [4.69, 9.17) is 0 Å². The number of carbonyl (C=O) groups excluding carboxylic acids is 1. The Kier molecular flexibility index (Phi) is 4.70. The topological polar surface area (TPSA) is 59.0 Å². The van der Waals surface area contributed by atoms with Gasteiger partial charge >= 0.3 is 0 Å². The molecular weight excluding hydrogens is 259 g/mol. The highest BCUT2D eigenvalue weighted by atomic mass is 19.1. The molecule has 1 amide bonds. The minimum absolute atomic E-state index is 0.0889. The number of aryl methyl sites for hydroxylation is 1. The zero-order valence-corrected chi connectivity index (χ0v) is 11.3.